The summed E-state index contributed by atoms with van der Waals surface area (Å²) in [5.41, 5.74) is 2.63. The highest BCUT2D eigenvalue weighted by molar-refractivity contribution is 8.02. The molecule has 0 saturated heterocycles. The zero-order valence-electron chi connectivity index (χ0n) is 10.4. The van der Waals surface area contributed by atoms with E-state index >= 15 is 0 Å². The first-order chi connectivity index (χ1) is 9.80. The fourth-order valence-corrected chi connectivity index (χ4v) is 4.61. The highest BCUT2D eigenvalue weighted by Crippen LogP contribution is 2.30. The van der Waals surface area contributed by atoms with Crippen LogP contribution in [0.25, 0.3) is 10.2 Å². The number of rotatable bonds is 5. The molecule has 0 aliphatic carbocycles. The van der Waals surface area contributed by atoms with Crippen molar-refractivity contribution in [3.63, 3.8) is 0 Å². The summed E-state index contributed by atoms with van der Waals surface area (Å²) < 4.78 is 1.89. The van der Waals surface area contributed by atoms with Crippen molar-refractivity contribution in [2.75, 3.05) is 11.7 Å². The van der Waals surface area contributed by atoms with E-state index < -0.39 is 0 Å². The summed E-state index contributed by atoms with van der Waals surface area (Å²) in [5, 5.41) is 11.1. The van der Waals surface area contributed by atoms with Crippen LogP contribution in [-0.2, 0) is 5.75 Å². The Hall–Kier alpha value is -0.940. The lowest BCUT2D eigenvalue weighted by molar-refractivity contribution is 0.954. The van der Waals surface area contributed by atoms with Crippen LogP contribution >= 0.6 is 46.2 Å². The monoisotopic (exact) mass is 342 g/mol. The molecule has 3 N–H and O–H groups in total. The van der Waals surface area contributed by atoms with E-state index in [9.17, 15) is 0 Å². The van der Waals surface area contributed by atoms with Crippen molar-refractivity contribution in [2.45, 2.75) is 14.4 Å². The van der Waals surface area contributed by atoms with Crippen LogP contribution in [-0.4, -0.2) is 26.4 Å². The summed E-state index contributed by atoms with van der Waals surface area (Å²) in [5.74, 6) is 7.55. The topological polar surface area (TPSA) is 89.6 Å². The minimum absolute atomic E-state index is 0.644. The van der Waals surface area contributed by atoms with Gasteiger partial charge in [-0.3, -0.25) is 0 Å². The van der Waals surface area contributed by atoms with Gasteiger partial charge in [-0.25, -0.2) is 15.8 Å². The van der Waals surface area contributed by atoms with Gasteiger partial charge in [0.1, 0.15) is 10.7 Å². The number of hydrazine groups is 1. The van der Waals surface area contributed by atoms with E-state index in [0.717, 1.165) is 24.7 Å². The molecule has 0 bridgehead atoms. The summed E-state index contributed by atoms with van der Waals surface area (Å²) in [6.45, 7) is 0. The summed E-state index contributed by atoms with van der Waals surface area (Å²) in [7, 11) is 0. The van der Waals surface area contributed by atoms with Crippen LogP contribution in [0.5, 0.6) is 0 Å². The maximum Gasteiger partial charge on any atom is 0.175 e. The molecule has 3 heterocycles. The number of fused-ring (bicyclic) bond motifs is 1. The maximum absolute atomic E-state index is 5.51. The molecule has 0 unspecified atom stereocenters. The third-order valence-corrected chi connectivity index (χ3v) is 6.23. The molecule has 3 rings (SSSR count). The lowest BCUT2D eigenvalue weighted by Gasteiger charge is -2.03. The van der Waals surface area contributed by atoms with Gasteiger partial charge in [-0.1, -0.05) is 34.9 Å². The Morgan fingerprint density at radius 2 is 2.15 bits per heavy atom. The van der Waals surface area contributed by atoms with Crippen molar-refractivity contribution in [1.82, 2.24) is 20.2 Å². The van der Waals surface area contributed by atoms with Crippen molar-refractivity contribution in [3.05, 3.63) is 17.3 Å². The van der Waals surface area contributed by atoms with Gasteiger partial charge in [0.15, 0.2) is 14.5 Å². The highest BCUT2D eigenvalue weighted by Gasteiger charge is 2.10. The fraction of sp³-hybridized carbons (Fsp3) is 0.200. The quantitative estimate of drug-likeness (QED) is 0.416. The molecule has 0 saturated carbocycles. The molecule has 20 heavy (non-hydrogen) atoms. The second kappa shape index (κ2) is 6.22. The van der Waals surface area contributed by atoms with Gasteiger partial charge < -0.3 is 5.43 Å². The number of aromatic nitrogens is 4. The smallest absolute Gasteiger partial charge is 0.175 e. The molecular weight excluding hydrogens is 332 g/mol. The highest BCUT2D eigenvalue weighted by atomic mass is 32.2. The van der Waals surface area contributed by atoms with Crippen LogP contribution in [0.1, 0.15) is 5.82 Å². The van der Waals surface area contributed by atoms with Gasteiger partial charge in [0.05, 0.1) is 11.1 Å². The number of nitrogens with two attached hydrogens (primary N) is 1. The Kier molecular flexibility index (Phi) is 4.36. The van der Waals surface area contributed by atoms with Gasteiger partial charge in [-0.2, -0.15) is 0 Å². The Morgan fingerprint density at radius 3 is 2.90 bits per heavy atom. The minimum Gasteiger partial charge on any atom is -0.308 e. The van der Waals surface area contributed by atoms with E-state index in [1.807, 2.05) is 17.7 Å². The molecular formula is C10H10N6S4. The third-order valence-electron chi connectivity index (χ3n) is 2.40. The molecule has 0 amide bonds. The first kappa shape index (κ1) is 14.0. The number of thiophene rings is 1. The zero-order chi connectivity index (χ0) is 13.9. The minimum atomic E-state index is 0.644. The summed E-state index contributed by atoms with van der Waals surface area (Å²) in [6.07, 6.45) is 1.99. The lowest BCUT2D eigenvalue weighted by atomic mass is 10.4. The average Bonchev–Trinajstić information content (AvgIpc) is 3.12. The Bertz CT molecular complexity index is 723. The van der Waals surface area contributed by atoms with Crippen molar-refractivity contribution in [2.24, 2.45) is 5.84 Å². The summed E-state index contributed by atoms with van der Waals surface area (Å²) in [4.78, 5) is 9.89. The van der Waals surface area contributed by atoms with Crippen LogP contribution < -0.4 is 11.3 Å². The van der Waals surface area contributed by atoms with E-state index in [0.29, 0.717) is 11.6 Å². The number of hydrogen-bond donors (Lipinski definition) is 2. The van der Waals surface area contributed by atoms with Crippen LogP contribution in [0, 0.1) is 0 Å². The van der Waals surface area contributed by atoms with Crippen molar-refractivity contribution >= 4 is 62.2 Å². The predicted octanol–water partition coefficient (Wildman–Crippen LogP) is 2.84. The van der Waals surface area contributed by atoms with Gasteiger partial charge in [0, 0.05) is 0 Å². The summed E-state index contributed by atoms with van der Waals surface area (Å²) >= 11 is 6.33. The van der Waals surface area contributed by atoms with Crippen molar-refractivity contribution in [3.8, 4) is 0 Å². The van der Waals surface area contributed by atoms with E-state index in [1.54, 1.807) is 46.2 Å². The number of thioether (sulfide) groups is 2. The normalized spacial score (nSPS) is 11.1. The van der Waals surface area contributed by atoms with Crippen LogP contribution in [0.2, 0.25) is 0 Å². The standard InChI is InChI=1S/C10H10N6S4/c1-17-9-15-16-10(20-9)19-4-6-12-7(14-11)5-2-3-18-8(5)13-6/h2-3H,4,11H2,1H3,(H,12,13,14). The van der Waals surface area contributed by atoms with E-state index in [2.05, 4.69) is 25.6 Å². The van der Waals surface area contributed by atoms with Gasteiger partial charge >= 0.3 is 0 Å². The number of nitrogens with zero attached hydrogens (tertiary/aromatic N) is 4. The summed E-state index contributed by atoms with van der Waals surface area (Å²) in [6, 6.07) is 1.96. The fourth-order valence-electron chi connectivity index (χ4n) is 1.54. The third kappa shape index (κ3) is 2.88. The van der Waals surface area contributed by atoms with Gasteiger partial charge in [-0.05, 0) is 17.7 Å². The van der Waals surface area contributed by atoms with Gasteiger partial charge in [0.25, 0.3) is 0 Å². The second-order valence-corrected chi connectivity index (χ2v) is 7.75. The molecule has 0 aliphatic heterocycles. The number of anilines is 1. The zero-order valence-corrected chi connectivity index (χ0v) is 13.6. The first-order valence-electron chi connectivity index (χ1n) is 5.51. The van der Waals surface area contributed by atoms with Crippen molar-refractivity contribution < 1.29 is 0 Å². The SMILES string of the molecule is CSc1nnc(SCc2nc(NN)c3ccsc3n2)s1. The molecule has 0 atom stereocenters. The van der Waals surface area contributed by atoms with Gasteiger partial charge in [0.2, 0.25) is 0 Å². The van der Waals surface area contributed by atoms with Crippen LogP contribution in [0.15, 0.2) is 20.1 Å². The number of nitrogen functional groups attached to an aromatic ring is 1. The molecule has 0 aliphatic rings. The first-order valence-corrected chi connectivity index (χ1v) is 9.42. The molecule has 0 aromatic carbocycles. The number of nitrogens with one attached hydrogen (secondary N) is 1. The Balaban J connectivity index is 1.79. The molecule has 0 fully saturated rings. The predicted molar refractivity (Wildman–Crippen MR) is 86.5 cm³/mol. The Morgan fingerprint density at radius 1 is 1.30 bits per heavy atom. The molecule has 3 aromatic heterocycles. The molecule has 0 spiro atoms. The lowest BCUT2D eigenvalue weighted by Crippen LogP contribution is -2.10. The van der Waals surface area contributed by atoms with E-state index in [4.69, 9.17) is 5.84 Å². The van der Waals surface area contributed by atoms with Crippen molar-refractivity contribution in [1.29, 1.82) is 0 Å². The van der Waals surface area contributed by atoms with E-state index in [-0.39, 0.29) is 0 Å². The molecule has 10 heteroatoms. The Labute approximate surface area is 131 Å². The molecule has 104 valence electrons. The molecule has 0 radical (unpaired) electrons. The van der Waals surface area contributed by atoms with Gasteiger partial charge in [-0.15, -0.1) is 21.5 Å². The largest absolute Gasteiger partial charge is 0.308 e. The average molecular weight is 343 g/mol. The molecule has 3 aromatic rings. The second-order valence-electron chi connectivity index (χ2n) is 3.60. The van der Waals surface area contributed by atoms with Crippen LogP contribution in [0.3, 0.4) is 0 Å². The molecule has 6 nitrogen and oxygen atoms in total. The number of hydrogen-bond acceptors (Lipinski definition) is 10. The van der Waals surface area contributed by atoms with E-state index in [1.165, 1.54) is 0 Å². The maximum atomic E-state index is 5.51. The van der Waals surface area contributed by atoms with Crippen LogP contribution in [0.4, 0.5) is 5.82 Å².